The van der Waals surface area contributed by atoms with Crippen molar-refractivity contribution in [3.63, 3.8) is 0 Å². The fourth-order valence-corrected chi connectivity index (χ4v) is 5.84. The van der Waals surface area contributed by atoms with Crippen molar-refractivity contribution >= 4 is 49.5 Å². The lowest BCUT2D eigenvalue weighted by atomic mass is 10.1. The SMILES string of the molecule is CC(C)C[C@@H](CO)NS(=O)(=O)C1CC(Nc2ncc(Br)c(N[C@H](C)CO)n2)=CS1. The van der Waals surface area contributed by atoms with E-state index in [0.717, 1.165) is 0 Å². The van der Waals surface area contributed by atoms with Crippen LogP contribution in [0, 0.1) is 5.92 Å². The minimum atomic E-state index is -3.60. The lowest BCUT2D eigenvalue weighted by Gasteiger charge is -2.21. The molecule has 1 aliphatic heterocycles. The average Bonchev–Trinajstić information content (AvgIpc) is 3.12. The third-order valence-corrected chi connectivity index (χ3v) is 8.16. The Morgan fingerprint density at radius 1 is 1.31 bits per heavy atom. The van der Waals surface area contributed by atoms with Gasteiger partial charge in [0.2, 0.25) is 16.0 Å². The monoisotopic (exact) mass is 509 g/mol. The molecule has 1 aliphatic rings. The zero-order chi connectivity index (χ0) is 21.6. The number of aromatic nitrogens is 2. The predicted molar refractivity (Wildman–Crippen MR) is 120 cm³/mol. The summed E-state index contributed by atoms with van der Waals surface area (Å²) in [5.74, 6) is 1.12. The first-order chi connectivity index (χ1) is 13.6. The predicted octanol–water partition coefficient (Wildman–Crippen LogP) is 2.07. The third kappa shape index (κ3) is 7.37. The highest BCUT2D eigenvalue weighted by molar-refractivity contribution is 9.10. The van der Waals surface area contributed by atoms with Crippen LogP contribution in [0.25, 0.3) is 0 Å². The van der Waals surface area contributed by atoms with Gasteiger partial charge in [0.15, 0.2) is 0 Å². The number of rotatable bonds is 11. The topological polar surface area (TPSA) is 136 Å². The van der Waals surface area contributed by atoms with Gasteiger partial charge in [-0.2, -0.15) is 4.98 Å². The van der Waals surface area contributed by atoms with Crippen molar-refractivity contribution in [3.8, 4) is 0 Å². The van der Waals surface area contributed by atoms with Crippen LogP contribution in [-0.2, 0) is 10.0 Å². The standard InChI is InChI=1S/C17H28BrN5O4S2/c1-10(2)4-12(8-25)23-29(26,27)15-5-13(9-28-15)21-17-19-6-14(18)16(22-17)20-11(3)7-24/h6,9-12,15,23-25H,4-5,7-8H2,1-3H3,(H2,19,20,21,22)/t11-,12+,15?/m1/s1. The maximum absolute atomic E-state index is 12.7. The van der Waals surface area contributed by atoms with Gasteiger partial charge in [0, 0.05) is 30.4 Å². The highest BCUT2D eigenvalue weighted by Crippen LogP contribution is 2.34. The molecule has 1 aromatic rings. The van der Waals surface area contributed by atoms with Gasteiger partial charge in [-0.3, -0.25) is 0 Å². The minimum Gasteiger partial charge on any atom is -0.395 e. The fraction of sp³-hybridized carbons (Fsp3) is 0.647. The molecule has 0 amide bonds. The van der Waals surface area contributed by atoms with Gasteiger partial charge < -0.3 is 20.8 Å². The quantitative estimate of drug-likeness (QED) is 0.303. The number of allylic oxidation sites excluding steroid dienone is 1. The number of aliphatic hydroxyl groups excluding tert-OH is 2. The molecule has 0 spiro atoms. The Morgan fingerprint density at radius 2 is 2.03 bits per heavy atom. The highest BCUT2D eigenvalue weighted by Gasteiger charge is 2.32. The molecule has 0 fully saturated rings. The van der Waals surface area contributed by atoms with Crippen molar-refractivity contribution in [2.75, 3.05) is 23.8 Å². The molecule has 9 nitrogen and oxygen atoms in total. The van der Waals surface area contributed by atoms with Gasteiger partial charge >= 0.3 is 0 Å². The van der Waals surface area contributed by atoms with E-state index in [1.165, 1.54) is 11.8 Å². The Balaban J connectivity index is 1.99. The van der Waals surface area contributed by atoms with E-state index in [4.69, 9.17) is 0 Å². The van der Waals surface area contributed by atoms with Crippen LogP contribution in [0.15, 0.2) is 21.8 Å². The van der Waals surface area contributed by atoms with Crippen LogP contribution < -0.4 is 15.4 Å². The summed E-state index contributed by atoms with van der Waals surface area (Å²) in [6, 6.07) is -0.671. The molecule has 1 unspecified atom stereocenters. The normalized spacial score (nSPS) is 19.1. The summed E-state index contributed by atoms with van der Waals surface area (Å²) in [4.78, 5) is 8.56. The Hall–Kier alpha value is -0.920. The molecule has 164 valence electrons. The zero-order valence-electron chi connectivity index (χ0n) is 16.6. The number of aliphatic hydroxyl groups is 2. The van der Waals surface area contributed by atoms with Crippen LogP contribution in [0.4, 0.5) is 11.8 Å². The van der Waals surface area contributed by atoms with Crippen LogP contribution in [-0.4, -0.2) is 58.5 Å². The summed E-state index contributed by atoms with van der Waals surface area (Å²) in [6.07, 6.45) is 2.42. The van der Waals surface area contributed by atoms with Crippen LogP contribution in [0.2, 0.25) is 0 Å². The van der Waals surface area contributed by atoms with Crippen LogP contribution in [0.3, 0.4) is 0 Å². The van der Waals surface area contributed by atoms with Crippen LogP contribution in [0.1, 0.15) is 33.6 Å². The van der Waals surface area contributed by atoms with E-state index in [-0.39, 0.29) is 31.6 Å². The second kappa shape index (κ2) is 10.9. The van der Waals surface area contributed by atoms with Gasteiger partial charge in [-0.15, -0.1) is 11.8 Å². The van der Waals surface area contributed by atoms with Crippen molar-refractivity contribution < 1.29 is 18.6 Å². The molecule has 0 aromatic carbocycles. The second-order valence-electron chi connectivity index (χ2n) is 7.33. The number of thioether (sulfide) groups is 1. The molecule has 0 saturated heterocycles. The molecule has 0 bridgehead atoms. The molecular formula is C17H28BrN5O4S2. The number of nitrogens with zero attached hydrogens (tertiary/aromatic N) is 2. The molecular weight excluding hydrogens is 482 g/mol. The van der Waals surface area contributed by atoms with E-state index in [1.807, 2.05) is 20.8 Å². The molecule has 29 heavy (non-hydrogen) atoms. The molecule has 5 N–H and O–H groups in total. The maximum Gasteiger partial charge on any atom is 0.228 e. The lowest BCUT2D eigenvalue weighted by Crippen LogP contribution is -2.42. The fourth-order valence-electron chi connectivity index (χ4n) is 2.69. The van der Waals surface area contributed by atoms with Crippen LogP contribution in [0.5, 0.6) is 0 Å². The Kier molecular flexibility index (Phi) is 9.16. The van der Waals surface area contributed by atoms with Gasteiger partial charge in [0.25, 0.3) is 0 Å². The zero-order valence-corrected chi connectivity index (χ0v) is 19.8. The number of anilines is 2. The van der Waals surface area contributed by atoms with Gasteiger partial charge in [0.1, 0.15) is 10.4 Å². The third-order valence-electron chi connectivity index (χ3n) is 4.08. The van der Waals surface area contributed by atoms with E-state index in [0.29, 0.717) is 28.4 Å². The Morgan fingerprint density at radius 3 is 2.66 bits per heavy atom. The van der Waals surface area contributed by atoms with Gasteiger partial charge in [-0.05, 0) is 40.6 Å². The number of sulfonamides is 1. The van der Waals surface area contributed by atoms with Crippen LogP contribution >= 0.6 is 27.7 Å². The van der Waals surface area contributed by atoms with Crippen molar-refractivity contribution in [3.05, 3.63) is 21.8 Å². The van der Waals surface area contributed by atoms with Crippen molar-refractivity contribution in [2.45, 2.75) is 50.3 Å². The minimum absolute atomic E-state index is 0.0425. The molecule has 0 radical (unpaired) electrons. The first kappa shape index (κ1) is 24.4. The number of nitrogens with one attached hydrogen (secondary N) is 3. The smallest absolute Gasteiger partial charge is 0.228 e. The molecule has 2 heterocycles. The maximum atomic E-state index is 12.7. The van der Waals surface area contributed by atoms with E-state index < -0.39 is 20.6 Å². The van der Waals surface area contributed by atoms with E-state index in [2.05, 4.69) is 41.3 Å². The molecule has 2 rings (SSSR count). The largest absolute Gasteiger partial charge is 0.395 e. The number of hydrogen-bond acceptors (Lipinski definition) is 9. The Bertz CT molecular complexity index is 822. The lowest BCUT2D eigenvalue weighted by molar-refractivity contribution is 0.240. The summed E-state index contributed by atoms with van der Waals surface area (Å²) in [5.41, 5.74) is 0.693. The summed E-state index contributed by atoms with van der Waals surface area (Å²) in [6.45, 7) is 5.50. The van der Waals surface area contributed by atoms with E-state index in [9.17, 15) is 18.6 Å². The van der Waals surface area contributed by atoms with Gasteiger partial charge in [0.05, 0.1) is 17.7 Å². The summed E-state index contributed by atoms with van der Waals surface area (Å²) in [7, 11) is -3.60. The van der Waals surface area contributed by atoms with E-state index >= 15 is 0 Å². The molecule has 12 heteroatoms. The molecule has 0 saturated carbocycles. The van der Waals surface area contributed by atoms with Crippen molar-refractivity contribution in [1.82, 2.24) is 14.7 Å². The molecule has 0 aliphatic carbocycles. The summed E-state index contributed by atoms with van der Waals surface area (Å²) >= 11 is 4.56. The van der Waals surface area contributed by atoms with E-state index in [1.54, 1.807) is 11.6 Å². The highest BCUT2D eigenvalue weighted by atomic mass is 79.9. The Labute approximate surface area is 184 Å². The van der Waals surface area contributed by atoms with Crippen molar-refractivity contribution in [2.24, 2.45) is 5.92 Å². The summed E-state index contributed by atoms with van der Waals surface area (Å²) in [5, 5.41) is 26.5. The molecule has 1 aromatic heterocycles. The van der Waals surface area contributed by atoms with Gasteiger partial charge in [-0.25, -0.2) is 18.1 Å². The van der Waals surface area contributed by atoms with Gasteiger partial charge in [-0.1, -0.05) is 13.8 Å². The second-order valence-corrected chi connectivity index (χ2v) is 11.5. The average molecular weight is 510 g/mol. The first-order valence-electron chi connectivity index (χ1n) is 9.28. The number of hydrogen-bond donors (Lipinski definition) is 5. The summed E-state index contributed by atoms with van der Waals surface area (Å²) < 4.78 is 27.9. The molecule has 3 atom stereocenters. The first-order valence-corrected chi connectivity index (χ1v) is 12.6. The number of halogens is 1. The van der Waals surface area contributed by atoms with Crippen molar-refractivity contribution in [1.29, 1.82) is 0 Å².